The average Bonchev–Trinajstić information content (AvgIpc) is 2.85. The number of fused-ring (bicyclic) bond motifs is 1. The third-order valence-corrected chi connectivity index (χ3v) is 4.10. The number of hydrogen-bond donors (Lipinski definition) is 2. The van der Waals surface area contributed by atoms with Crippen LogP contribution in [0.1, 0.15) is 32.1 Å². The van der Waals surface area contributed by atoms with Gasteiger partial charge in [0.15, 0.2) is 11.5 Å². The molecule has 19 heavy (non-hydrogen) atoms. The first-order valence-corrected chi connectivity index (χ1v) is 7.41. The molecule has 0 saturated heterocycles. The van der Waals surface area contributed by atoms with Gasteiger partial charge in [0.05, 0.1) is 5.60 Å². The summed E-state index contributed by atoms with van der Waals surface area (Å²) < 4.78 is 2.65. The molecule has 5 nitrogen and oxygen atoms in total. The molecule has 1 saturated carbocycles. The van der Waals surface area contributed by atoms with Crippen molar-refractivity contribution < 1.29 is 5.11 Å². The lowest BCUT2D eigenvalue weighted by atomic mass is 9.85. The van der Waals surface area contributed by atoms with Crippen molar-refractivity contribution in [3.8, 4) is 0 Å². The van der Waals surface area contributed by atoms with Crippen molar-refractivity contribution in [2.24, 2.45) is 0 Å². The quantitative estimate of drug-likeness (QED) is 0.911. The zero-order valence-corrected chi connectivity index (χ0v) is 12.2. The minimum absolute atomic E-state index is 0.527. The van der Waals surface area contributed by atoms with Gasteiger partial charge in [0.2, 0.25) is 0 Å². The predicted octanol–water partition coefficient (Wildman–Crippen LogP) is 2.60. The Hall–Kier alpha value is -1.14. The SMILES string of the molecule is OC1(CNc2nc(Br)cn3ccnc23)CCCCC1. The molecule has 0 unspecified atom stereocenters. The molecule has 2 heterocycles. The highest BCUT2D eigenvalue weighted by molar-refractivity contribution is 9.10. The normalized spacial score (nSPS) is 18.6. The molecule has 0 atom stereocenters. The summed E-state index contributed by atoms with van der Waals surface area (Å²) in [6, 6.07) is 0. The molecular weight excluding hydrogens is 308 g/mol. The highest BCUT2D eigenvalue weighted by Gasteiger charge is 2.29. The smallest absolute Gasteiger partial charge is 0.180 e. The summed E-state index contributed by atoms with van der Waals surface area (Å²) in [6.07, 6.45) is 10.6. The summed E-state index contributed by atoms with van der Waals surface area (Å²) in [4.78, 5) is 8.68. The molecule has 6 heteroatoms. The second-order valence-corrected chi connectivity index (χ2v) is 6.02. The Labute approximate surface area is 120 Å². The number of nitrogens with zero attached hydrogens (tertiary/aromatic N) is 3. The van der Waals surface area contributed by atoms with Crippen LogP contribution in [0.4, 0.5) is 5.82 Å². The van der Waals surface area contributed by atoms with E-state index in [-0.39, 0.29) is 0 Å². The number of aromatic nitrogens is 3. The fourth-order valence-electron chi connectivity index (χ4n) is 2.65. The van der Waals surface area contributed by atoms with E-state index in [1.807, 2.05) is 16.8 Å². The molecule has 1 aliphatic rings. The Morgan fingerprint density at radius 1 is 1.37 bits per heavy atom. The van der Waals surface area contributed by atoms with E-state index in [0.29, 0.717) is 12.4 Å². The van der Waals surface area contributed by atoms with Crippen LogP contribution in [-0.2, 0) is 0 Å². The van der Waals surface area contributed by atoms with Gasteiger partial charge in [0.25, 0.3) is 0 Å². The molecule has 0 amide bonds. The molecule has 2 aromatic heterocycles. The third kappa shape index (κ3) is 2.74. The van der Waals surface area contributed by atoms with Gasteiger partial charge in [-0.3, -0.25) is 0 Å². The van der Waals surface area contributed by atoms with Crippen LogP contribution in [0.5, 0.6) is 0 Å². The van der Waals surface area contributed by atoms with Crippen LogP contribution < -0.4 is 5.32 Å². The largest absolute Gasteiger partial charge is 0.388 e. The second kappa shape index (κ2) is 5.09. The van der Waals surface area contributed by atoms with Crippen molar-refractivity contribution in [2.45, 2.75) is 37.7 Å². The van der Waals surface area contributed by atoms with Crippen molar-refractivity contribution in [3.63, 3.8) is 0 Å². The standard InChI is InChI=1S/C13H17BrN4O/c14-10-8-18-7-6-15-12(18)11(17-10)16-9-13(19)4-2-1-3-5-13/h6-8,19H,1-5,9H2,(H,16,17). The van der Waals surface area contributed by atoms with Gasteiger partial charge in [0.1, 0.15) is 4.60 Å². The number of nitrogens with one attached hydrogen (secondary N) is 1. The van der Waals surface area contributed by atoms with Crippen LogP contribution in [0.15, 0.2) is 23.2 Å². The van der Waals surface area contributed by atoms with Gasteiger partial charge in [0, 0.05) is 25.1 Å². The summed E-state index contributed by atoms with van der Waals surface area (Å²) in [6.45, 7) is 0.527. The zero-order valence-electron chi connectivity index (χ0n) is 10.6. The van der Waals surface area contributed by atoms with Crippen molar-refractivity contribution in [2.75, 3.05) is 11.9 Å². The highest BCUT2D eigenvalue weighted by atomic mass is 79.9. The summed E-state index contributed by atoms with van der Waals surface area (Å²) in [5.41, 5.74) is 0.175. The number of imidazole rings is 1. The molecule has 0 aromatic carbocycles. The van der Waals surface area contributed by atoms with Gasteiger partial charge in [-0.2, -0.15) is 0 Å². The Balaban J connectivity index is 1.79. The van der Waals surface area contributed by atoms with Gasteiger partial charge in [-0.15, -0.1) is 0 Å². The van der Waals surface area contributed by atoms with Crippen LogP contribution >= 0.6 is 15.9 Å². The molecule has 1 aliphatic carbocycles. The maximum Gasteiger partial charge on any atom is 0.180 e. The first-order chi connectivity index (χ1) is 9.16. The maximum atomic E-state index is 10.5. The topological polar surface area (TPSA) is 62.5 Å². The van der Waals surface area contributed by atoms with E-state index in [4.69, 9.17) is 0 Å². The van der Waals surface area contributed by atoms with Gasteiger partial charge in [-0.05, 0) is 28.8 Å². The maximum absolute atomic E-state index is 10.5. The van der Waals surface area contributed by atoms with E-state index < -0.39 is 5.60 Å². The van der Waals surface area contributed by atoms with E-state index >= 15 is 0 Å². The van der Waals surface area contributed by atoms with Crippen molar-refractivity contribution in [1.82, 2.24) is 14.4 Å². The molecule has 102 valence electrons. The molecule has 1 fully saturated rings. The van der Waals surface area contributed by atoms with Crippen LogP contribution in [-0.4, -0.2) is 31.6 Å². The monoisotopic (exact) mass is 324 g/mol. The summed E-state index contributed by atoms with van der Waals surface area (Å²) in [5.74, 6) is 0.707. The molecule has 3 rings (SSSR count). The van der Waals surface area contributed by atoms with Crippen molar-refractivity contribution in [1.29, 1.82) is 0 Å². The Morgan fingerprint density at radius 3 is 2.95 bits per heavy atom. The first-order valence-electron chi connectivity index (χ1n) is 6.62. The molecule has 0 radical (unpaired) electrons. The van der Waals surface area contributed by atoms with Crippen LogP contribution in [0, 0.1) is 0 Å². The third-order valence-electron chi connectivity index (χ3n) is 3.71. The number of rotatable bonds is 3. The minimum Gasteiger partial charge on any atom is -0.388 e. The van der Waals surface area contributed by atoms with E-state index in [9.17, 15) is 5.11 Å². The molecule has 0 aliphatic heterocycles. The number of halogens is 1. The average molecular weight is 325 g/mol. The van der Waals surface area contributed by atoms with Gasteiger partial charge in [-0.25, -0.2) is 9.97 Å². The first kappa shape index (κ1) is 12.9. The van der Waals surface area contributed by atoms with Gasteiger partial charge in [-0.1, -0.05) is 19.3 Å². The number of hydrogen-bond acceptors (Lipinski definition) is 4. The lowest BCUT2D eigenvalue weighted by Crippen LogP contribution is -2.39. The molecule has 2 aromatic rings. The van der Waals surface area contributed by atoms with Gasteiger partial charge < -0.3 is 14.8 Å². The van der Waals surface area contributed by atoms with Crippen molar-refractivity contribution >= 4 is 27.4 Å². The second-order valence-electron chi connectivity index (χ2n) is 5.21. The van der Waals surface area contributed by atoms with E-state index in [1.54, 1.807) is 6.20 Å². The summed E-state index contributed by atoms with van der Waals surface area (Å²) >= 11 is 3.39. The van der Waals surface area contributed by atoms with E-state index in [2.05, 4.69) is 31.2 Å². The molecule has 0 bridgehead atoms. The molecular formula is C13H17BrN4O. The van der Waals surface area contributed by atoms with Gasteiger partial charge >= 0.3 is 0 Å². The molecule has 2 N–H and O–H groups in total. The van der Waals surface area contributed by atoms with Crippen LogP contribution in [0.3, 0.4) is 0 Å². The summed E-state index contributed by atoms with van der Waals surface area (Å²) in [5, 5.41) is 13.7. The van der Waals surface area contributed by atoms with E-state index in [1.165, 1.54) is 6.42 Å². The minimum atomic E-state index is -0.605. The highest BCUT2D eigenvalue weighted by Crippen LogP contribution is 2.28. The van der Waals surface area contributed by atoms with Crippen molar-refractivity contribution in [3.05, 3.63) is 23.2 Å². The number of anilines is 1. The molecule has 0 spiro atoms. The van der Waals surface area contributed by atoms with E-state index in [0.717, 1.165) is 35.9 Å². The fourth-order valence-corrected chi connectivity index (χ4v) is 3.05. The lowest BCUT2D eigenvalue weighted by molar-refractivity contribution is 0.0167. The van der Waals surface area contributed by atoms with Crippen LogP contribution in [0.2, 0.25) is 0 Å². The predicted molar refractivity (Wildman–Crippen MR) is 77.2 cm³/mol. The zero-order chi connectivity index (χ0) is 13.3. The Morgan fingerprint density at radius 2 is 2.16 bits per heavy atom. The Bertz CT molecular complexity index is 577. The van der Waals surface area contributed by atoms with Crippen LogP contribution in [0.25, 0.3) is 5.65 Å². The lowest BCUT2D eigenvalue weighted by Gasteiger charge is -2.32. The summed E-state index contributed by atoms with van der Waals surface area (Å²) in [7, 11) is 0. The number of aliphatic hydroxyl groups is 1. The fraction of sp³-hybridized carbons (Fsp3) is 0.538. The Kier molecular flexibility index (Phi) is 3.45.